The summed E-state index contributed by atoms with van der Waals surface area (Å²) in [7, 11) is 0. The number of carbonyl (C=O) groups excluding carboxylic acids is 1. The summed E-state index contributed by atoms with van der Waals surface area (Å²) >= 11 is 0. The maximum atomic E-state index is 12.0. The van der Waals surface area contributed by atoms with E-state index in [1.165, 1.54) is 17.0 Å². The van der Waals surface area contributed by atoms with Crippen molar-refractivity contribution in [3.05, 3.63) is 23.8 Å². The predicted octanol–water partition coefficient (Wildman–Crippen LogP) is 1.47. The summed E-state index contributed by atoms with van der Waals surface area (Å²) in [6.45, 7) is 2.33. The summed E-state index contributed by atoms with van der Waals surface area (Å²) in [5, 5.41) is 27.3. The molecule has 5 nitrogen and oxygen atoms in total. The molecule has 0 fully saturated rings. The van der Waals surface area contributed by atoms with Crippen LogP contribution in [0.2, 0.25) is 0 Å². The lowest BCUT2D eigenvalue weighted by Crippen LogP contribution is -2.32. The fraction of sp³-hybridized carbons (Fsp3) is 0.333. The quantitative estimate of drug-likeness (QED) is 0.772. The highest BCUT2D eigenvalue weighted by atomic mass is 16.3. The zero-order valence-electron chi connectivity index (χ0n) is 9.55. The van der Waals surface area contributed by atoms with E-state index in [2.05, 4.69) is 0 Å². The van der Waals surface area contributed by atoms with E-state index in [-0.39, 0.29) is 23.6 Å². The Morgan fingerprint density at radius 2 is 2.18 bits per heavy atom. The van der Waals surface area contributed by atoms with Crippen molar-refractivity contribution in [2.45, 2.75) is 13.3 Å². The standard InChI is InChI=1S/C12H14N2O3/c1-2-6-14(7-5-13)12(17)10-4-3-9(15)8-11(10)16/h3-4,8,15-16H,2,6-7H2,1H3. The first-order valence-electron chi connectivity index (χ1n) is 5.28. The number of hydrogen-bond acceptors (Lipinski definition) is 4. The van der Waals surface area contributed by atoms with Crippen molar-refractivity contribution in [2.75, 3.05) is 13.1 Å². The van der Waals surface area contributed by atoms with Gasteiger partial charge in [0.2, 0.25) is 0 Å². The third-order valence-corrected chi connectivity index (χ3v) is 2.25. The van der Waals surface area contributed by atoms with Gasteiger partial charge in [0.15, 0.2) is 0 Å². The van der Waals surface area contributed by atoms with E-state index in [1.807, 2.05) is 13.0 Å². The summed E-state index contributed by atoms with van der Waals surface area (Å²) in [6, 6.07) is 5.67. The molecule has 90 valence electrons. The summed E-state index contributed by atoms with van der Waals surface area (Å²) in [4.78, 5) is 13.3. The summed E-state index contributed by atoms with van der Waals surface area (Å²) < 4.78 is 0. The van der Waals surface area contributed by atoms with Crippen molar-refractivity contribution < 1.29 is 15.0 Å². The van der Waals surface area contributed by atoms with Gasteiger partial charge in [0, 0.05) is 12.6 Å². The van der Waals surface area contributed by atoms with Crippen molar-refractivity contribution >= 4 is 5.91 Å². The molecule has 0 saturated heterocycles. The van der Waals surface area contributed by atoms with Crippen molar-refractivity contribution in [1.29, 1.82) is 5.26 Å². The second-order valence-corrected chi connectivity index (χ2v) is 3.59. The highest BCUT2D eigenvalue weighted by Gasteiger charge is 2.18. The van der Waals surface area contributed by atoms with Crippen molar-refractivity contribution in [3.8, 4) is 17.6 Å². The van der Waals surface area contributed by atoms with Crippen LogP contribution < -0.4 is 0 Å². The van der Waals surface area contributed by atoms with Gasteiger partial charge >= 0.3 is 0 Å². The average molecular weight is 234 g/mol. The summed E-state index contributed by atoms with van der Waals surface area (Å²) in [5.41, 5.74) is 0.0894. The first kappa shape index (κ1) is 12.8. The van der Waals surface area contributed by atoms with E-state index in [0.717, 1.165) is 12.5 Å². The normalized spacial score (nSPS) is 9.65. The lowest BCUT2D eigenvalue weighted by molar-refractivity contribution is 0.0773. The van der Waals surface area contributed by atoms with E-state index in [9.17, 15) is 9.90 Å². The number of phenols is 2. The highest BCUT2D eigenvalue weighted by Crippen LogP contribution is 2.23. The first-order valence-corrected chi connectivity index (χ1v) is 5.28. The smallest absolute Gasteiger partial charge is 0.258 e. The Balaban J connectivity index is 2.97. The van der Waals surface area contributed by atoms with Crippen LogP contribution in [0, 0.1) is 11.3 Å². The molecule has 0 aliphatic rings. The van der Waals surface area contributed by atoms with E-state index in [0.29, 0.717) is 6.54 Å². The number of nitriles is 1. The molecule has 1 amide bonds. The average Bonchev–Trinajstić information content (AvgIpc) is 2.28. The van der Waals surface area contributed by atoms with Crippen LogP contribution in [0.3, 0.4) is 0 Å². The monoisotopic (exact) mass is 234 g/mol. The third kappa shape index (κ3) is 3.11. The highest BCUT2D eigenvalue weighted by molar-refractivity contribution is 5.97. The van der Waals surface area contributed by atoms with Crippen molar-refractivity contribution in [3.63, 3.8) is 0 Å². The number of amides is 1. The van der Waals surface area contributed by atoms with Gasteiger partial charge in [-0.15, -0.1) is 0 Å². The molecule has 0 saturated carbocycles. The topological polar surface area (TPSA) is 84.6 Å². The number of nitrogens with zero attached hydrogens (tertiary/aromatic N) is 2. The van der Waals surface area contributed by atoms with Crippen LogP contribution in [-0.4, -0.2) is 34.1 Å². The van der Waals surface area contributed by atoms with Gasteiger partial charge in [-0.3, -0.25) is 4.79 Å². The lowest BCUT2D eigenvalue weighted by Gasteiger charge is -2.19. The number of carbonyl (C=O) groups is 1. The number of phenolic OH excluding ortho intramolecular Hbond substituents is 2. The molecule has 0 atom stereocenters. The Morgan fingerprint density at radius 1 is 1.47 bits per heavy atom. The van der Waals surface area contributed by atoms with Gasteiger partial charge < -0.3 is 15.1 Å². The molecule has 0 aromatic heterocycles. The molecule has 2 N–H and O–H groups in total. The van der Waals surface area contributed by atoms with Gasteiger partial charge in [0.05, 0.1) is 11.6 Å². The van der Waals surface area contributed by atoms with E-state index in [4.69, 9.17) is 10.4 Å². The molecule has 1 aromatic carbocycles. The van der Waals surface area contributed by atoms with Crippen LogP contribution in [0.25, 0.3) is 0 Å². The van der Waals surface area contributed by atoms with Gasteiger partial charge in [-0.25, -0.2) is 0 Å². The minimum atomic E-state index is -0.411. The van der Waals surface area contributed by atoms with E-state index < -0.39 is 5.91 Å². The van der Waals surface area contributed by atoms with Crippen LogP contribution >= 0.6 is 0 Å². The molecule has 5 heteroatoms. The molecule has 17 heavy (non-hydrogen) atoms. The maximum absolute atomic E-state index is 12.0. The molecule has 1 rings (SSSR count). The third-order valence-electron chi connectivity index (χ3n) is 2.25. The first-order chi connectivity index (χ1) is 8.10. The molecule has 0 aliphatic carbocycles. The summed E-state index contributed by atoms with van der Waals surface area (Å²) in [6.07, 6.45) is 0.728. The van der Waals surface area contributed by atoms with Crippen LogP contribution in [0.15, 0.2) is 18.2 Å². The molecule has 0 spiro atoms. The number of rotatable bonds is 4. The Hall–Kier alpha value is -2.22. The summed E-state index contributed by atoms with van der Waals surface area (Å²) in [5.74, 6) is -0.804. The molecule has 0 radical (unpaired) electrons. The molecule has 0 bridgehead atoms. The lowest BCUT2D eigenvalue weighted by atomic mass is 10.1. The van der Waals surface area contributed by atoms with Crippen LogP contribution in [-0.2, 0) is 0 Å². The minimum absolute atomic E-state index is 0.0208. The number of benzene rings is 1. The SMILES string of the molecule is CCCN(CC#N)C(=O)c1ccc(O)cc1O. The molecule has 0 heterocycles. The fourth-order valence-electron chi connectivity index (χ4n) is 1.48. The second kappa shape index (κ2) is 5.75. The number of hydrogen-bond donors (Lipinski definition) is 2. The second-order valence-electron chi connectivity index (χ2n) is 3.59. The van der Waals surface area contributed by atoms with E-state index in [1.54, 1.807) is 0 Å². The predicted molar refractivity (Wildman–Crippen MR) is 61.6 cm³/mol. The largest absolute Gasteiger partial charge is 0.508 e. The van der Waals surface area contributed by atoms with Crippen molar-refractivity contribution in [1.82, 2.24) is 4.90 Å². The fourth-order valence-corrected chi connectivity index (χ4v) is 1.48. The van der Waals surface area contributed by atoms with Gasteiger partial charge in [0.1, 0.15) is 18.0 Å². The molecular weight excluding hydrogens is 220 g/mol. The molecule has 1 aromatic rings. The minimum Gasteiger partial charge on any atom is -0.508 e. The maximum Gasteiger partial charge on any atom is 0.258 e. The molecule has 0 unspecified atom stereocenters. The van der Waals surface area contributed by atoms with Crippen molar-refractivity contribution in [2.24, 2.45) is 0 Å². The Bertz CT molecular complexity index is 452. The van der Waals surface area contributed by atoms with Gasteiger partial charge in [-0.1, -0.05) is 6.92 Å². The molecule has 0 aliphatic heterocycles. The zero-order chi connectivity index (χ0) is 12.8. The number of aromatic hydroxyl groups is 2. The van der Waals surface area contributed by atoms with Gasteiger partial charge in [-0.2, -0.15) is 5.26 Å². The molecular formula is C12H14N2O3. The zero-order valence-corrected chi connectivity index (χ0v) is 9.55. The van der Waals surface area contributed by atoms with Crippen LogP contribution in [0.4, 0.5) is 0 Å². The Labute approximate surface area is 99.5 Å². The van der Waals surface area contributed by atoms with E-state index >= 15 is 0 Å². The van der Waals surface area contributed by atoms with Crippen LogP contribution in [0.5, 0.6) is 11.5 Å². The van der Waals surface area contributed by atoms with Gasteiger partial charge in [0.25, 0.3) is 5.91 Å². The Morgan fingerprint density at radius 3 is 2.71 bits per heavy atom. The van der Waals surface area contributed by atoms with Gasteiger partial charge in [-0.05, 0) is 18.6 Å². The Kier molecular flexibility index (Phi) is 4.35. The van der Waals surface area contributed by atoms with Crippen LogP contribution in [0.1, 0.15) is 23.7 Å².